The normalized spacial score (nSPS) is 26.8. The first-order valence-electron chi connectivity index (χ1n) is 7.58. The summed E-state index contributed by atoms with van der Waals surface area (Å²) in [4.78, 5) is 25.6. The maximum atomic E-state index is 12.4. The number of nitrogens with one attached hydrogen (secondary N) is 2. The molecule has 1 amide bonds. The first-order chi connectivity index (χ1) is 10.8. The largest absolute Gasteiger partial charge is 0.348 e. The van der Waals surface area contributed by atoms with Gasteiger partial charge in [-0.3, -0.25) is 4.79 Å². The summed E-state index contributed by atoms with van der Waals surface area (Å²) in [6, 6.07) is 3.17. The van der Waals surface area contributed by atoms with Crippen molar-refractivity contribution in [2.75, 3.05) is 0 Å². The Bertz CT molecular complexity index is 662. The van der Waals surface area contributed by atoms with E-state index < -0.39 is 0 Å². The maximum absolute atomic E-state index is 12.4. The smallest absolute Gasteiger partial charge is 0.263 e. The van der Waals surface area contributed by atoms with Crippen LogP contribution in [0.2, 0.25) is 0 Å². The second-order valence-electron chi connectivity index (χ2n) is 5.88. The van der Waals surface area contributed by atoms with Crippen molar-refractivity contribution in [3.8, 4) is 10.8 Å². The van der Waals surface area contributed by atoms with E-state index in [4.69, 9.17) is 0 Å². The fourth-order valence-electron chi connectivity index (χ4n) is 3.32. The molecule has 0 radical (unpaired) electrons. The van der Waals surface area contributed by atoms with Gasteiger partial charge in [0.15, 0.2) is 10.8 Å². The van der Waals surface area contributed by atoms with Crippen molar-refractivity contribution in [2.24, 2.45) is 0 Å². The molecule has 2 atom stereocenters. The van der Waals surface area contributed by atoms with Gasteiger partial charge in [0.1, 0.15) is 4.88 Å². The van der Waals surface area contributed by atoms with E-state index in [9.17, 15) is 4.79 Å². The minimum absolute atomic E-state index is 0.0361. The Balaban J connectivity index is 1.44. The van der Waals surface area contributed by atoms with Crippen molar-refractivity contribution >= 4 is 17.2 Å². The third-order valence-corrected chi connectivity index (χ3v) is 5.29. The monoisotopic (exact) mass is 315 g/mol. The predicted molar refractivity (Wildman–Crippen MR) is 83.6 cm³/mol. The third kappa shape index (κ3) is 2.74. The molecule has 2 saturated heterocycles. The molecule has 114 valence electrons. The van der Waals surface area contributed by atoms with E-state index in [0.29, 0.717) is 27.8 Å². The van der Waals surface area contributed by atoms with E-state index in [1.165, 1.54) is 24.2 Å². The van der Waals surface area contributed by atoms with Crippen LogP contribution in [0.4, 0.5) is 0 Å². The zero-order valence-corrected chi connectivity index (χ0v) is 12.8. The number of hydrogen-bond donors (Lipinski definition) is 2. The number of carbonyl (C=O) groups excluding carboxylic acids is 1. The molecule has 2 bridgehead atoms. The molecule has 4 rings (SSSR count). The number of amides is 1. The Kier molecular flexibility index (Phi) is 3.59. The third-order valence-electron chi connectivity index (χ3n) is 4.29. The molecule has 2 aromatic rings. The molecule has 2 unspecified atom stereocenters. The SMILES string of the molecule is O=C(NC1CC2CCC(C1)N2)c1cnc(-c2ncccn2)s1. The van der Waals surface area contributed by atoms with E-state index in [-0.39, 0.29) is 11.9 Å². The molecule has 0 aliphatic carbocycles. The van der Waals surface area contributed by atoms with Gasteiger partial charge < -0.3 is 10.6 Å². The fourth-order valence-corrected chi connectivity index (χ4v) is 4.09. The Morgan fingerprint density at radius 3 is 2.64 bits per heavy atom. The lowest BCUT2D eigenvalue weighted by molar-refractivity contribution is 0.0928. The van der Waals surface area contributed by atoms with Gasteiger partial charge in [-0.05, 0) is 31.7 Å². The van der Waals surface area contributed by atoms with Crippen LogP contribution in [0.3, 0.4) is 0 Å². The van der Waals surface area contributed by atoms with E-state index in [1.807, 2.05) is 0 Å². The highest BCUT2D eigenvalue weighted by atomic mass is 32.1. The number of aromatic nitrogens is 3. The Hall–Kier alpha value is -1.86. The number of fused-ring (bicyclic) bond motifs is 2. The summed E-state index contributed by atoms with van der Waals surface area (Å²) in [5.74, 6) is 0.525. The number of nitrogens with zero attached hydrogens (tertiary/aromatic N) is 3. The van der Waals surface area contributed by atoms with Crippen LogP contribution in [0.5, 0.6) is 0 Å². The second-order valence-corrected chi connectivity index (χ2v) is 6.91. The predicted octanol–water partition coefficient (Wildman–Crippen LogP) is 1.61. The van der Waals surface area contributed by atoms with Crippen molar-refractivity contribution in [3.63, 3.8) is 0 Å². The lowest BCUT2D eigenvalue weighted by Gasteiger charge is -2.29. The Morgan fingerprint density at radius 2 is 1.91 bits per heavy atom. The average Bonchev–Trinajstić information content (AvgIpc) is 3.15. The van der Waals surface area contributed by atoms with Gasteiger partial charge in [0, 0.05) is 30.5 Å². The fraction of sp³-hybridized carbons (Fsp3) is 0.467. The summed E-state index contributed by atoms with van der Waals surface area (Å²) in [5.41, 5.74) is 0. The van der Waals surface area contributed by atoms with Crippen LogP contribution in [0.25, 0.3) is 10.8 Å². The molecule has 2 aromatic heterocycles. The van der Waals surface area contributed by atoms with E-state index >= 15 is 0 Å². The van der Waals surface area contributed by atoms with Crippen LogP contribution in [0.15, 0.2) is 24.7 Å². The highest BCUT2D eigenvalue weighted by Crippen LogP contribution is 2.27. The molecule has 0 aromatic carbocycles. The van der Waals surface area contributed by atoms with E-state index in [1.54, 1.807) is 24.7 Å². The minimum atomic E-state index is -0.0361. The zero-order valence-electron chi connectivity index (χ0n) is 12.0. The highest BCUT2D eigenvalue weighted by molar-refractivity contribution is 7.16. The second kappa shape index (κ2) is 5.73. The van der Waals surface area contributed by atoms with Crippen LogP contribution in [-0.4, -0.2) is 39.0 Å². The van der Waals surface area contributed by atoms with Crippen LogP contribution in [-0.2, 0) is 0 Å². The summed E-state index contributed by atoms with van der Waals surface area (Å²) in [5, 5.41) is 7.41. The van der Waals surface area contributed by atoms with Gasteiger partial charge in [0.2, 0.25) is 0 Å². The van der Waals surface area contributed by atoms with E-state index in [0.717, 1.165) is 12.8 Å². The molecule has 2 N–H and O–H groups in total. The van der Waals surface area contributed by atoms with Crippen molar-refractivity contribution in [3.05, 3.63) is 29.5 Å². The quantitative estimate of drug-likeness (QED) is 0.899. The molecule has 7 heteroatoms. The molecule has 0 saturated carbocycles. The van der Waals surface area contributed by atoms with Crippen LogP contribution >= 0.6 is 11.3 Å². The first-order valence-corrected chi connectivity index (χ1v) is 8.40. The van der Waals surface area contributed by atoms with Crippen molar-refractivity contribution < 1.29 is 4.79 Å². The van der Waals surface area contributed by atoms with Gasteiger partial charge in [-0.15, -0.1) is 11.3 Å². The maximum Gasteiger partial charge on any atom is 0.263 e. The lowest BCUT2D eigenvalue weighted by atomic mass is 10.00. The number of hydrogen-bond acceptors (Lipinski definition) is 6. The van der Waals surface area contributed by atoms with Gasteiger partial charge in [-0.25, -0.2) is 15.0 Å². The summed E-state index contributed by atoms with van der Waals surface area (Å²) < 4.78 is 0. The van der Waals surface area contributed by atoms with Gasteiger partial charge in [-0.2, -0.15) is 0 Å². The number of piperidine rings is 1. The molecular formula is C15H17N5OS. The minimum Gasteiger partial charge on any atom is -0.348 e. The molecule has 6 nitrogen and oxygen atoms in total. The Morgan fingerprint density at radius 1 is 1.18 bits per heavy atom. The van der Waals surface area contributed by atoms with Crippen molar-refractivity contribution in [2.45, 2.75) is 43.8 Å². The molecule has 2 aliphatic rings. The van der Waals surface area contributed by atoms with Crippen LogP contribution in [0.1, 0.15) is 35.4 Å². The van der Waals surface area contributed by atoms with Gasteiger partial charge >= 0.3 is 0 Å². The zero-order chi connectivity index (χ0) is 14.9. The molecular weight excluding hydrogens is 298 g/mol. The van der Waals surface area contributed by atoms with Crippen LogP contribution in [0, 0.1) is 0 Å². The van der Waals surface area contributed by atoms with Gasteiger partial charge in [-0.1, -0.05) is 0 Å². The number of rotatable bonds is 3. The molecule has 4 heterocycles. The number of thiazole rings is 1. The Labute approximate surface area is 132 Å². The standard InChI is InChI=1S/C15H17N5OS/c21-14(20-11-6-9-2-3-10(7-11)19-9)12-8-18-15(22-12)13-16-4-1-5-17-13/h1,4-5,8-11,19H,2-3,6-7H2,(H,20,21). The van der Waals surface area contributed by atoms with Crippen molar-refractivity contribution in [1.29, 1.82) is 0 Å². The average molecular weight is 315 g/mol. The summed E-state index contributed by atoms with van der Waals surface area (Å²) >= 11 is 1.34. The topological polar surface area (TPSA) is 79.8 Å². The van der Waals surface area contributed by atoms with Gasteiger partial charge in [0.25, 0.3) is 5.91 Å². The molecule has 22 heavy (non-hydrogen) atoms. The van der Waals surface area contributed by atoms with E-state index in [2.05, 4.69) is 25.6 Å². The summed E-state index contributed by atoms with van der Waals surface area (Å²) in [6.07, 6.45) is 9.47. The lowest BCUT2D eigenvalue weighted by Crippen LogP contribution is -2.47. The first kappa shape index (κ1) is 13.8. The van der Waals surface area contributed by atoms with Crippen molar-refractivity contribution in [1.82, 2.24) is 25.6 Å². The summed E-state index contributed by atoms with van der Waals surface area (Å²) in [7, 11) is 0. The van der Waals surface area contributed by atoms with Gasteiger partial charge in [0.05, 0.1) is 6.20 Å². The van der Waals surface area contributed by atoms with Crippen LogP contribution < -0.4 is 10.6 Å². The molecule has 2 fully saturated rings. The highest BCUT2D eigenvalue weighted by Gasteiger charge is 2.34. The molecule has 2 aliphatic heterocycles. The summed E-state index contributed by atoms with van der Waals surface area (Å²) in [6.45, 7) is 0. The molecule has 0 spiro atoms. The number of carbonyl (C=O) groups is 1.